The zero-order valence-corrected chi connectivity index (χ0v) is 19.8. The Bertz CT molecular complexity index is 1050. The van der Waals surface area contributed by atoms with Crippen LogP contribution in [0.4, 0.5) is 0 Å². The predicted molar refractivity (Wildman–Crippen MR) is 113 cm³/mol. The van der Waals surface area contributed by atoms with Crippen LogP contribution >= 0.6 is 0 Å². The second kappa shape index (κ2) is 9.53. The molecule has 0 bridgehead atoms. The van der Waals surface area contributed by atoms with Crippen LogP contribution in [-0.2, 0) is 29.4 Å². The average Bonchev–Trinajstić information content (AvgIpc) is 3.06. The summed E-state index contributed by atoms with van der Waals surface area (Å²) in [5.41, 5.74) is -0.0626. The molecule has 1 saturated heterocycles. The fourth-order valence-electron chi connectivity index (χ4n) is 3.33. The number of sulfonamides is 1. The van der Waals surface area contributed by atoms with Gasteiger partial charge in [0.15, 0.2) is 15.9 Å². The summed E-state index contributed by atoms with van der Waals surface area (Å²) >= 11 is 0. The highest BCUT2D eigenvalue weighted by Crippen LogP contribution is 2.27. The van der Waals surface area contributed by atoms with E-state index in [-0.39, 0.29) is 34.3 Å². The number of methoxy groups -OCH3 is 1. The molecule has 1 heterocycles. The maximum absolute atomic E-state index is 12.8. The number of carbonyl (C=O) groups excluding carboxylic acids is 2. The Hall–Kier alpha value is -2.18. The minimum absolute atomic E-state index is 0.0184. The van der Waals surface area contributed by atoms with Crippen molar-refractivity contribution in [3.05, 3.63) is 23.8 Å². The first-order valence-electron chi connectivity index (χ1n) is 9.66. The van der Waals surface area contributed by atoms with Gasteiger partial charge in [-0.05, 0) is 38.5 Å². The topological polar surface area (TPSA) is 127 Å². The van der Waals surface area contributed by atoms with Gasteiger partial charge in [-0.15, -0.1) is 0 Å². The number of carbonyl (C=O) groups is 2. The summed E-state index contributed by atoms with van der Waals surface area (Å²) in [6, 6.07) is 3.35. The molecule has 1 aliphatic rings. The van der Waals surface area contributed by atoms with Gasteiger partial charge in [0, 0.05) is 26.7 Å². The average molecular weight is 477 g/mol. The molecule has 0 aromatic heterocycles. The fourth-order valence-corrected chi connectivity index (χ4v) is 6.14. The fraction of sp³-hybridized carbons (Fsp3) is 0.579. The molecule has 0 N–H and O–H groups in total. The molecular weight excluding hydrogens is 448 g/mol. The molecule has 0 unspecified atom stereocenters. The highest BCUT2D eigenvalue weighted by Gasteiger charge is 2.36. The maximum Gasteiger partial charge on any atom is 0.338 e. The molecule has 1 amide bonds. The molecule has 1 aromatic rings. The number of ether oxygens (including phenoxy) is 2. The molecule has 2 rings (SSSR count). The Morgan fingerprint density at radius 3 is 2.39 bits per heavy atom. The monoisotopic (exact) mass is 476 g/mol. The van der Waals surface area contributed by atoms with Crippen LogP contribution < -0.4 is 4.74 Å². The third-order valence-electron chi connectivity index (χ3n) is 5.06. The highest BCUT2D eigenvalue weighted by atomic mass is 32.2. The minimum atomic E-state index is -3.89. The van der Waals surface area contributed by atoms with Crippen molar-refractivity contribution < 1.29 is 35.9 Å². The number of hydrogen-bond acceptors (Lipinski definition) is 8. The lowest BCUT2D eigenvalue weighted by molar-refractivity contribution is -0.141. The van der Waals surface area contributed by atoms with Crippen LogP contribution in [0.2, 0.25) is 0 Å². The SMILES string of the molecule is CCN(C(=O)[C@@H](C)OC(=O)c1ccc(OC)c(S(=O)(=O)N(C)C)c1)[C@@H]1CCS(=O)(=O)C1. The molecule has 0 aliphatic carbocycles. The first-order valence-corrected chi connectivity index (χ1v) is 12.9. The molecule has 0 saturated carbocycles. The number of rotatable bonds is 8. The number of nitrogens with zero attached hydrogens (tertiary/aromatic N) is 2. The molecule has 1 aliphatic heterocycles. The third-order valence-corrected chi connectivity index (χ3v) is 8.65. The van der Waals surface area contributed by atoms with E-state index in [9.17, 15) is 26.4 Å². The number of amides is 1. The molecule has 0 spiro atoms. The summed E-state index contributed by atoms with van der Waals surface area (Å²) in [6.07, 6.45) is -0.834. The smallest absolute Gasteiger partial charge is 0.338 e. The van der Waals surface area contributed by atoms with Gasteiger partial charge in [-0.1, -0.05) is 0 Å². The number of hydrogen-bond donors (Lipinski definition) is 0. The van der Waals surface area contributed by atoms with Gasteiger partial charge in [-0.2, -0.15) is 0 Å². The van der Waals surface area contributed by atoms with Crippen molar-refractivity contribution in [1.82, 2.24) is 9.21 Å². The van der Waals surface area contributed by atoms with Crippen molar-refractivity contribution in [2.75, 3.05) is 39.3 Å². The maximum atomic E-state index is 12.8. The van der Waals surface area contributed by atoms with Crippen LogP contribution in [-0.4, -0.2) is 89.3 Å². The van der Waals surface area contributed by atoms with Gasteiger partial charge >= 0.3 is 5.97 Å². The molecule has 2 atom stereocenters. The van der Waals surface area contributed by atoms with Crippen molar-refractivity contribution in [3.63, 3.8) is 0 Å². The van der Waals surface area contributed by atoms with E-state index in [2.05, 4.69) is 0 Å². The zero-order valence-electron chi connectivity index (χ0n) is 18.2. The summed E-state index contributed by atoms with van der Waals surface area (Å²) in [4.78, 5) is 26.6. The van der Waals surface area contributed by atoms with Gasteiger partial charge in [-0.25, -0.2) is 25.9 Å². The molecule has 31 heavy (non-hydrogen) atoms. The summed E-state index contributed by atoms with van der Waals surface area (Å²) in [5, 5.41) is 0. The Balaban J connectivity index is 2.21. The minimum Gasteiger partial charge on any atom is -0.495 e. The van der Waals surface area contributed by atoms with Crippen LogP contribution in [0.3, 0.4) is 0 Å². The summed E-state index contributed by atoms with van der Waals surface area (Å²) in [6.45, 7) is 3.39. The second-order valence-corrected chi connectivity index (χ2v) is 11.7. The summed E-state index contributed by atoms with van der Waals surface area (Å²) in [7, 11) is -3.06. The van der Waals surface area contributed by atoms with E-state index in [0.717, 1.165) is 10.4 Å². The van der Waals surface area contributed by atoms with E-state index in [1.54, 1.807) is 6.92 Å². The highest BCUT2D eigenvalue weighted by molar-refractivity contribution is 7.91. The van der Waals surface area contributed by atoms with Gasteiger partial charge < -0.3 is 14.4 Å². The molecule has 1 aromatic carbocycles. The summed E-state index contributed by atoms with van der Waals surface area (Å²) < 4.78 is 59.9. The van der Waals surface area contributed by atoms with Crippen LogP contribution in [0.1, 0.15) is 30.6 Å². The van der Waals surface area contributed by atoms with E-state index in [4.69, 9.17) is 9.47 Å². The molecule has 12 heteroatoms. The first kappa shape index (κ1) is 25.1. The van der Waals surface area contributed by atoms with E-state index in [1.807, 2.05) is 0 Å². The first-order chi connectivity index (χ1) is 14.3. The second-order valence-electron chi connectivity index (χ2n) is 7.38. The van der Waals surface area contributed by atoms with Gasteiger partial charge in [0.1, 0.15) is 10.6 Å². The van der Waals surface area contributed by atoms with Crippen molar-refractivity contribution >= 4 is 31.7 Å². The largest absolute Gasteiger partial charge is 0.495 e. The van der Waals surface area contributed by atoms with Crippen molar-refractivity contribution in [2.24, 2.45) is 0 Å². The third kappa shape index (κ3) is 5.55. The van der Waals surface area contributed by atoms with E-state index >= 15 is 0 Å². The molecule has 10 nitrogen and oxygen atoms in total. The normalized spacial score (nSPS) is 19.1. The van der Waals surface area contributed by atoms with E-state index in [1.165, 1.54) is 45.2 Å². The standard InChI is InChI=1S/C19H28N2O8S2/c1-6-21(15-9-10-30(24,25)12-15)18(22)13(2)29-19(23)14-7-8-16(28-5)17(11-14)31(26,27)20(3)4/h7-8,11,13,15H,6,9-10,12H2,1-5H3/t13-,15-/m1/s1. The Morgan fingerprint density at radius 2 is 1.90 bits per heavy atom. The van der Waals surface area contributed by atoms with Gasteiger partial charge in [0.2, 0.25) is 10.0 Å². The van der Waals surface area contributed by atoms with Gasteiger partial charge in [0.25, 0.3) is 5.91 Å². The summed E-state index contributed by atoms with van der Waals surface area (Å²) in [5.74, 6) is -1.42. The number of likely N-dealkylation sites (N-methyl/N-ethyl adjacent to an activating group) is 1. The lowest BCUT2D eigenvalue weighted by Gasteiger charge is -2.29. The van der Waals surface area contributed by atoms with Crippen LogP contribution in [0.25, 0.3) is 0 Å². The van der Waals surface area contributed by atoms with Crippen molar-refractivity contribution in [1.29, 1.82) is 0 Å². The Labute approximate surface area is 183 Å². The van der Waals surface area contributed by atoms with Crippen LogP contribution in [0.15, 0.2) is 23.1 Å². The Morgan fingerprint density at radius 1 is 1.26 bits per heavy atom. The molecular formula is C19H28N2O8S2. The quantitative estimate of drug-likeness (QED) is 0.497. The van der Waals surface area contributed by atoms with Crippen molar-refractivity contribution in [3.8, 4) is 5.75 Å². The number of benzene rings is 1. The molecule has 1 fully saturated rings. The zero-order chi connectivity index (χ0) is 23.6. The molecule has 174 valence electrons. The van der Waals surface area contributed by atoms with Crippen LogP contribution in [0.5, 0.6) is 5.75 Å². The lowest BCUT2D eigenvalue weighted by Crippen LogP contribution is -2.46. The van der Waals surface area contributed by atoms with Crippen molar-refractivity contribution in [2.45, 2.75) is 37.3 Å². The predicted octanol–water partition coefficient (Wildman–Crippen LogP) is 0.526. The lowest BCUT2D eigenvalue weighted by atomic mass is 10.2. The Kier molecular flexibility index (Phi) is 7.71. The number of esters is 1. The van der Waals surface area contributed by atoms with E-state index in [0.29, 0.717) is 6.42 Å². The number of sulfone groups is 1. The molecule has 0 radical (unpaired) electrons. The van der Waals surface area contributed by atoms with Crippen LogP contribution in [0, 0.1) is 0 Å². The van der Waals surface area contributed by atoms with Gasteiger partial charge in [-0.3, -0.25) is 4.79 Å². The van der Waals surface area contributed by atoms with E-state index < -0.39 is 43.9 Å². The van der Waals surface area contributed by atoms with Gasteiger partial charge in [0.05, 0.1) is 24.2 Å².